The van der Waals surface area contributed by atoms with E-state index in [4.69, 9.17) is 23.2 Å². The fourth-order valence-electron chi connectivity index (χ4n) is 0.956. The van der Waals surface area contributed by atoms with E-state index in [0.29, 0.717) is 21.4 Å². The Morgan fingerprint density at radius 2 is 1.85 bits per heavy atom. The lowest BCUT2D eigenvalue weighted by Crippen LogP contribution is -1.85. The zero-order valence-electron chi connectivity index (χ0n) is 6.28. The molecule has 2 aromatic rings. The highest BCUT2D eigenvalue weighted by Gasteiger charge is 2.05. The van der Waals surface area contributed by atoms with Crippen LogP contribution in [0.1, 0.15) is 0 Å². The predicted molar refractivity (Wildman–Crippen MR) is 48.6 cm³/mol. The summed E-state index contributed by atoms with van der Waals surface area (Å²) in [6.07, 6.45) is 0. The van der Waals surface area contributed by atoms with Crippen molar-refractivity contribution in [1.29, 1.82) is 0 Å². The molecule has 0 spiro atoms. The highest BCUT2D eigenvalue weighted by atomic mass is 35.5. The van der Waals surface area contributed by atoms with Gasteiger partial charge in [-0.25, -0.2) is 0 Å². The van der Waals surface area contributed by atoms with E-state index in [9.17, 15) is 0 Å². The Kier molecular flexibility index (Phi) is 2.16. The molecular weight excluding hydrogens is 211 g/mol. The summed E-state index contributed by atoms with van der Waals surface area (Å²) in [7, 11) is 0. The van der Waals surface area contributed by atoms with Crippen molar-refractivity contribution in [2.24, 2.45) is 0 Å². The highest BCUT2D eigenvalue weighted by molar-refractivity contribution is 6.38. The molecule has 0 bridgehead atoms. The summed E-state index contributed by atoms with van der Waals surface area (Å²) in [4.78, 5) is 0. The highest BCUT2D eigenvalue weighted by Crippen LogP contribution is 2.31. The molecule has 2 rings (SSSR count). The van der Waals surface area contributed by atoms with Gasteiger partial charge in [0.05, 0.1) is 10.0 Å². The van der Waals surface area contributed by atoms with Crippen LogP contribution < -0.4 is 5.10 Å². The monoisotopic (exact) mass is 213 g/mol. The van der Waals surface area contributed by atoms with Crippen molar-refractivity contribution in [1.82, 2.24) is 20.6 Å². The quantitative estimate of drug-likeness (QED) is 0.726. The lowest BCUT2D eigenvalue weighted by atomic mass is 10.2. The van der Waals surface area contributed by atoms with Crippen molar-refractivity contribution < 1.29 is 0 Å². The second kappa shape index (κ2) is 3.32. The lowest BCUT2D eigenvalue weighted by molar-refractivity contribution is 0.871. The molecule has 0 fully saturated rings. The van der Waals surface area contributed by atoms with Crippen molar-refractivity contribution in [3.8, 4) is 11.4 Å². The van der Waals surface area contributed by atoms with Gasteiger partial charge in [0.25, 0.3) is 0 Å². The number of halogens is 2. The van der Waals surface area contributed by atoms with Gasteiger partial charge in [-0.2, -0.15) is 5.21 Å². The lowest BCUT2D eigenvalue weighted by Gasteiger charge is -2.04. The van der Waals surface area contributed by atoms with Gasteiger partial charge in [-0.05, 0) is 12.1 Å². The minimum atomic E-state index is 0.343. The predicted octanol–water partition coefficient (Wildman–Crippen LogP) is 1.80. The van der Waals surface area contributed by atoms with Crippen LogP contribution >= 0.6 is 23.2 Å². The largest absolute Gasteiger partial charge is 0.330 e. The van der Waals surface area contributed by atoms with Crippen LogP contribution in [0.3, 0.4) is 0 Å². The van der Waals surface area contributed by atoms with E-state index in [1.54, 1.807) is 18.2 Å². The Labute approximate surface area is 83.9 Å². The van der Waals surface area contributed by atoms with Gasteiger partial charge in [0.15, 0.2) is 0 Å². The molecular formula is C7H3Cl2N4-. The van der Waals surface area contributed by atoms with Crippen molar-refractivity contribution in [3.05, 3.63) is 28.2 Å². The topological polar surface area (TPSA) is 52.8 Å². The van der Waals surface area contributed by atoms with E-state index in [0.717, 1.165) is 0 Å². The molecule has 4 nitrogen and oxygen atoms in total. The first-order valence-corrected chi connectivity index (χ1v) is 4.18. The zero-order valence-corrected chi connectivity index (χ0v) is 7.79. The first kappa shape index (κ1) is 8.47. The number of hydrogen-bond acceptors (Lipinski definition) is 3. The van der Waals surface area contributed by atoms with Gasteiger partial charge in [0, 0.05) is 11.4 Å². The van der Waals surface area contributed by atoms with Crippen LogP contribution in [-0.4, -0.2) is 15.5 Å². The fraction of sp³-hybridized carbons (Fsp3) is 0. The van der Waals surface area contributed by atoms with Crippen LogP contribution in [0, 0.1) is 0 Å². The number of nitrogens with zero attached hydrogens (tertiary/aromatic N) is 4. The molecule has 0 saturated heterocycles. The second-order valence-electron chi connectivity index (χ2n) is 2.30. The zero-order chi connectivity index (χ0) is 9.26. The Morgan fingerprint density at radius 1 is 1.15 bits per heavy atom. The summed E-state index contributed by atoms with van der Waals surface area (Å²) in [5.41, 5.74) is 0.566. The molecule has 0 unspecified atom stereocenters. The van der Waals surface area contributed by atoms with Crippen molar-refractivity contribution in [2.75, 3.05) is 0 Å². The number of aromatic nitrogens is 4. The molecule has 1 heterocycles. The normalized spacial score (nSPS) is 10.3. The van der Waals surface area contributed by atoms with E-state index in [1.165, 1.54) is 0 Å². The maximum Gasteiger partial charge on any atom is 0.0503 e. The third kappa shape index (κ3) is 1.50. The maximum atomic E-state index is 5.90. The smallest absolute Gasteiger partial charge is 0.0503 e. The third-order valence-corrected chi connectivity index (χ3v) is 2.14. The first-order valence-electron chi connectivity index (χ1n) is 3.42. The average molecular weight is 214 g/mol. The van der Waals surface area contributed by atoms with Gasteiger partial charge in [-0.15, -0.1) is 0 Å². The van der Waals surface area contributed by atoms with E-state index >= 15 is 0 Å². The first-order chi connectivity index (χ1) is 6.29. The Hall–Kier alpha value is -1.13. The van der Waals surface area contributed by atoms with Crippen LogP contribution in [0.15, 0.2) is 18.2 Å². The van der Waals surface area contributed by atoms with Crippen molar-refractivity contribution >= 4 is 23.2 Å². The Balaban J connectivity index is 2.64. The molecule has 6 heteroatoms. The molecule has 66 valence electrons. The molecule has 0 aliphatic rings. The van der Waals surface area contributed by atoms with Gasteiger partial charge >= 0.3 is 0 Å². The van der Waals surface area contributed by atoms with Crippen LogP contribution in [0.5, 0.6) is 0 Å². The van der Waals surface area contributed by atoms with Crippen LogP contribution in [0.2, 0.25) is 10.0 Å². The molecule has 0 radical (unpaired) electrons. The summed E-state index contributed by atoms with van der Waals surface area (Å²) in [6.45, 7) is 0. The van der Waals surface area contributed by atoms with E-state index in [-0.39, 0.29) is 0 Å². The minimum Gasteiger partial charge on any atom is -0.330 e. The molecule has 0 saturated carbocycles. The number of rotatable bonds is 1. The van der Waals surface area contributed by atoms with Gasteiger partial charge in [0.2, 0.25) is 0 Å². The van der Waals surface area contributed by atoms with E-state index in [1.807, 2.05) is 0 Å². The van der Waals surface area contributed by atoms with Crippen molar-refractivity contribution in [2.45, 2.75) is 0 Å². The Morgan fingerprint density at radius 3 is 2.38 bits per heavy atom. The molecule has 0 aliphatic carbocycles. The minimum absolute atomic E-state index is 0.343. The van der Waals surface area contributed by atoms with Gasteiger partial charge in [0.1, 0.15) is 0 Å². The van der Waals surface area contributed by atoms with Crippen molar-refractivity contribution in [3.63, 3.8) is 0 Å². The number of benzene rings is 1. The summed E-state index contributed by atoms with van der Waals surface area (Å²) >= 11 is 11.8. The second-order valence-corrected chi connectivity index (χ2v) is 3.11. The molecule has 0 aliphatic heterocycles. The summed E-state index contributed by atoms with van der Waals surface area (Å²) in [5, 5.41) is 15.0. The van der Waals surface area contributed by atoms with Crippen LogP contribution in [0.25, 0.3) is 11.4 Å². The molecule has 13 heavy (non-hydrogen) atoms. The molecule has 0 amide bonds. The number of hydrogen-bond donors (Lipinski definition) is 0. The SMILES string of the molecule is Clc1cccc(Cl)c1-c1nnn[n-]1. The summed E-state index contributed by atoms with van der Waals surface area (Å²) in [5.74, 6) is 0.343. The Bertz CT molecular complexity index is 392. The molecule has 0 atom stereocenters. The van der Waals surface area contributed by atoms with Gasteiger partial charge in [-0.3, -0.25) is 10.3 Å². The van der Waals surface area contributed by atoms with Gasteiger partial charge < -0.3 is 5.10 Å². The number of tetrazole rings is 1. The average Bonchev–Trinajstić information content (AvgIpc) is 2.57. The van der Waals surface area contributed by atoms with Crippen LogP contribution in [-0.2, 0) is 0 Å². The summed E-state index contributed by atoms with van der Waals surface area (Å²) < 4.78 is 0. The maximum absolute atomic E-state index is 5.90. The fourth-order valence-corrected chi connectivity index (χ4v) is 1.52. The molecule has 1 aromatic carbocycles. The van der Waals surface area contributed by atoms with Gasteiger partial charge in [-0.1, -0.05) is 29.3 Å². The van der Waals surface area contributed by atoms with Crippen LogP contribution in [0.4, 0.5) is 0 Å². The molecule has 0 N–H and O–H groups in total. The third-order valence-electron chi connectivity index (χ3n) is 1.51. The van der Waals surface area contributed by atoms with E-state index in [2.05, 4.69) is 20.6 Å². The van der Waals surface area contributed by atoms with E-state index < -0.39 is 0 Å². The molecule has 1 aromatic heterocycles. The summed E-state index contributed by atoms with van der Waals surface area (Å²) in [6, 6.07) is 5.16. The standard InChI is InChI=1S/C7H3Cl2N4/c8-4-2-1-3-5(9)6(4)7-10-12-13-11-7/h1-3H/q-1.